The van der Waals surface area contributed by atoms with Crippen LogP contribution in [0.4, 0.5) is 10.1 Å². The Balaban J connectivity index is 2.29. The predicted molar refractivity (Wildman–Crippen MR) is 62.7 cm³/mol. The van der Waals surface area contributed by atoms with E-state index in [9.17, 15) is 14.5 Å². The van der Waals surface area contributed by atoms with Gasteiger partial charge in [0.1, 0.15) is 11.9 Å². The minimum atomic E-state index is -0.581. The summed E-state index contributed by atoms with van der Waals surface area (Å²) in [5.41, 5.74) is -0.231. The van der Waals surface area contributed by atoms with Crippen molar-refractivity contribution in [2.75, 3.05) is 13.1 Å². The maximum Gasteiger partial charge on any atom is 0.312 e. The van der Waals surface area contributed by atoms with E-state index >= 15 is 0 Å². The summed E-state index contributed by atoms with van der Waals surface area (Å²) < 4.78 is 18.8. The van der Waals surface area contributed by atoms with Gasteiger partial charge in [-0.05, 0) is 28.9 Å². The fourth-order valence-corrected chi connectivity index (χ4v) is 1.99. The molecule has 1 fully saturated rings. The average Bonchev–Trinajstić information content (AvgIpc) is 2.75. The molecule has 5 nitrogen and oxygen atoms in total. The van der Waals surface area contributed by atoms with E-state index in [0.29, 0.717) is 6.54 Å². The Morgan fingerprint density at radius 2 is 2.35 bits per heavy atom. The second-order valence-electron chi connectivity index (χ2n) is 3.72. The normalized spacial score (nSPS) is 19.3. The highest BCUT2D eigenvalue weighted by Gasteiger charge is 2.23. The first-order valence-electron chi connectivity index (χ1n) is 5.08. The average molecular weight is 305 g/mol. The Kier molecular flexibility index (Phi) is 3.58. The zero-order valence-electron chi connectivity index (χ0n) is 8.78. The quantitative estimate of drug-likeness (QED) is 0.687. The van der Waals surface area contributed by atoms with Gasteiger partial charge in [-0.25, -0.2) is 4.39 Å². The molecular formula is C10H10BrFN2O3. The van der Waals surface area contributed by atoms with Gasteiger partial charge < -0.3 is 10.1 Å². The van der Waals surface area contributed by atoms with Gasteiger partial charge in [0.2, 0.25) is 0 Å². The number of nitro benzene ring substituents is 1. The van der Waals surface area contributed by atoms with Gasteiger partial charge in [0, 0.05) is 18.7 Å². The first-order valence-corrected chi connectivity index (χ1v) is 5.88. The first kappa shape index (κ1) is 12.3. The summed E-state index contributed by atoms with van der Waals surface area (Å²) in [5.74, 6) is -0.596. The van der Waals surface area contributed by atoms with E-state index in [4.69, 9.17) is 4.74 Å². The summed E-state index contributed by atoms with van der Waals surface area (Å²) in [6.07, 6.45) is 0.615. The fraction of sp³-hybridized carbons (Fsp3) is 0.400. The number of benzene rings is 1. The van der Waals surface area contributed by atoms with Crippen LogP contribution in [-0.2, 0) is 0 Å². The van der Waals surface area contributed by atoms with Gasteiger partial charge >= 0.3 is 5.69 Å². The number of nitro groups is 1. The smallest absolute Gasteiger partial charge is 0.312 e. The Morgan fingerprint density at radius 1 is 1.59 bits per heavy atom. The second-order valence-corrected chi connectivity index (χ2v) is 4.58. The number of nitrogens with zero attached hydrogens (tertiary/aromatic N) is 1. The molecule has 0 unspecified atom stereocenters. The van der Waals surface area contributed by atoms with Crippen molar-refractivity contribution in [2.24, 2.45) is 0 Å². The summed E-state index contributed by atoms with van der Waals surface area (Å²) in [6.45, 7) is 1.42. The lowest BCUT2D eigenvalue weighted by Gasteiger charge is -2.12. The van der Waals surface area contributed by atoms with Gasteiger partial charge in [0.05, 0.1) is 9.40 Å². The molecule has 0 bridgehead atoms. The monoisotopic (exact) mass is 304 g/mol. The van der Waals surface area contributed by atoms with Crippen LogP contribution in [0.2, 0.25) is 0 Å². The SMILES string of the molecule is O=[N+]([O-])c1cc(Br)c(F)cc1O[C@@H]1CCNC1. The first-order chi connectivity index (χ1) is 8.08. The number of rotatable bonds is 3. The third-order valence-electron chi connectivity index (χ3n) is 2.51. The highest BCUT2D eigenvalue weighted by molar-refractivity contribution is 9.10. The van der Waals surface area contributed by atoms with Gasteiger partial charge in [0.15, 0.2) is 5.75 Å². The molecule has 0 radical (unpaired) electrons. The van der Waals surface area contributed by atoms with Crippen LogP contribution >= 0.6 is 15.9 Å². The highest BCUT2D eigenvalue weighted by Crippen LogP contribution is 2.33. The van der Waals surface area contributed by atoms with E-state index in [2.05, 4.69) is 21.2 Å². The molecule has 1 atom stereocenters. The van der Waals surface area contributed by atoms with Gasteiger partial charge in [-0.3, -0.25) is 10.1 Å². The van der Waals surface area contributed by atoms with E-state index in [-0.39, 0.29) is 22.0 Å². The van der Waals surface area contributed by atoms with Crippen molar-refractivity contribution >= 4 is 21.6 Å². The van der Waals surface area contributed by atoms with E-state index in [1.165, 1.54) is 0 Å². The van der Waals surface area contributed by atoms with Crippen molar-refractivity contribution in [3.63, 3.8) is 0 Å². The van der Waals surface area contributed by atoms with Gasteiger partial charge in [-0.1, -0.05) is 0 Å². The van der Waals surface area contributed by atoms with Crippen molar-refractivity contribution in [3.05, 3.63) is 32.5 Å². The zero-order chi connectivity index (χ0) is 12.4. The molecule has 1 saturated heterocycles. The van der Waals surface area contributed by atoms with Crippen molar-refractivity contribution in [1.82, 2.24) is 5.32 Å². The van der Waals surface area contributed by atoms with Crippen LogP contribution in [0, 0.1) is 15.9 Å². The van der Waals surface area contributed by atoms with Crippen LogP contribution in [0.1, 0.15) is 6.42 Å². The van der Waals surface area contributed by atoms with Crippen molar-refractivity contribution in [2.45, 2.75) is 12.5 Å². The summed E-state index contributed by atoms with van der Waals surface area (Å²) >= 11 is 2.91. The molecule has 0 amide bonds. The summed E-state index contributed by atoms with van der Waals surface area (Å²) in [5, 5.41) is 13.9. The number of nitrogens with one attached hydrogen (secondary N) is 1. The summed E-state index contributed by atoms with van der Waals surface area (Å²) in [7, 11) is 0. The largest absolute Gasteiger partial charge is 0.482 e. The molecular weight excluding hydrogens is 295 g/mol. The fourth-order valence-electron chi connectivity index (χ4n) is 1.66. The standard InChI is InChI=1S/C10H10BrFN2O3/c11-7-3-9(14(15)16)10(4-8(7)12)17-6-1-2-13-5-6/h3-4,6,13H,1-2,5H2/t6-/m1/s1. The molecule has 1 aliphatic heterocycles. The van der Waals surface area contributed by atoms with E-state index in [1.54, 1.807) is 0 Å². The molecule has 1 N–H and O–H groups in total. The Labute approximate surface area is 105 Å². The lowest BCUT2D eigenvalue weighted by Crippen LogP contribution is -2.20. The van der Waals surface area contributed by atoms with Crippen molar-refractivity contribution in [3.8, 4) is 5.75 Å². The molecule has 17 heavy (non-hydrogen) atoms. The van der Waals surface area contributed by atoms with Gasteiger partial charge in [0.25, 0.3) is 0 Å². The molecule has 0 aromatic heterocycles. The maximum atomic E-state index is 13.3. The molecule has 7 heteroatoms. The van der Waals surface area contributed by atoms with Gasteiger partial charge in [-0.2, -0.15) is 0 Å². The van der Waals surface area contributed by atoms with Crippen LogP contribution in [0.25, 0.3) is 0 Å². The second kappa shape index (κ2) is 4.97. The number of hydrogen-bond donors (Lipinski definition) is 1. The van der Waals surface area contributed by atoms with E-state index in [1.807, 2.05) is 0 Å². The van der Waals surface area contributed by atoms with Crippen LogP contribution in [0.3, 0.4) is 0 Å². The third-order valence-corrected chi connectivity index (χ3v) is 3.11. The van der Waals surface area contributed by atoms with Crippen LogP contribution in [-0.4, -0.2) is 24.1 Å². The van der Waals surface area contributed by atoms with E-state index in [0.717, 1.165) is 25.1 Å². The summed E-state index contributed by atoms with van der Waals surface area (Å²) in [4.78, 5) is 10.2. The lowest BCUT2D eigenvalue weighted by molar-refractivity contribution is -0.386. The van der Waals surface area contributed by atoms with Gasteiger partial charge in [-0.15, -0.1) is 0 Å². The minimum Gasteiger partial charge on any atom is -0.482 e. The molecule has 1 aromatic rings. The molecule has 0 aliphatic carbocycles. The van der Waals surface area contributed by atoms with Crippen molar-refractivity contribution < 1.29 is 14.1 Å². The number of ether oxygens (including phenoxy) is 1. The Morgan fingerprint density at radius 3 is 2.94 bits per heavy atom. The minimum absolute atomic E-state index is 0.0237. The molecule has 0 spiro atoms. The number of hydrogen-bond acceptors (Lipinski definition) is 4. The maximum absolute atomic E-state index is 13.3. The van der Waals surface area contributed by atoms with Crippen molar-refractivity contribution in [1.29, 1.82) is 0 Å². The molecule has 1 heterocycles. The number of halogens is 2. The molecule has 1 aromatic carbocycles. The Bertz CT molecular complexity index is 449. The molecule has 92 valence electrons. The highest BCUT2D eigenvalue weighted by atomic mass is 79.9. The third kappa shape index (κ3) is 2.73. The Hall–Kier alpha value is -1.21. The van der Waals surface area contributed by atoms with Crippen LogP contribution in [0.5, 0.6) is 5.75 Å². The van der Waals surface area contributed by atoms with E-state index < -0.39 is 10.7 Å². The predicted octanol–water partition coefficient (Wildman–Crippen LogP) is 2.24. The molecule has 0 saturated carbocycles. The zero-order valence-corrected chi connectivity index (χ0v) is 10.4. The van der Waals surface area contributed by atoms with Crippen LogP contribution < -0.4 is 10.1 Å². The summed E-state index contributed by atoms with van der Waals surface area (Å²) in [6, 6.07) is 2.16. The molecule has 2 rings (SSSR count). The lowest BCUT2D eigenvalue weighted by atomic mass is 10.2. The topological polar surface area (TPSA) is 64.4 Å². The molecule has 1 aliphatic rings. The van der Waals surface area contributed by atoms with Crippen LogP contribution in [0.15, 0.2) is 16.6 Å².